The van der Waals surface area contributed by atoms with E-state index >= 15 is 0 Å². The highest BCUT2D eigenvalue weighted by molar-refractivity contribution is 5.87. The molecule has 0 radical (unpaired) electrons. The van der Waals surface area contributed by atoms with Crippen molar-refractivity contribution in [3.8, 4) is 5.75 Å². The Kier molecular flexibility index (Phi) is 1.33. The van der Waals surface area contributed by atoms with Crippen LogP contribution < -0.4 is 0 Å². The Hall–Kier alpha value is -1.51. The Balaban J connectivity index is 2.97. The van der Waals surface area contributed by atoms with Gasteiger partial charge in [-0.3, -0.25) is 0 Å². The van der Waals surface area contributed by atoms with Gasteiger partial charge >= 0.3 is 0 Å². The van der Waals surface area contributed by atoms with Crippen molar-refractivity contribution in [2.45, 2.75) is 6.92 Å². The third-order valence-corrected chi connectivity index (χ3v) is 1.93. The summed E-state index contributed by atoms with van der Waals surface area (Å²) in [6.45, 7) is 1.70. The average molecular weight is 165 g/mol. The highest BCUT2D eigenvalue weighted by atomic mass is 19.1. The van der Waals surface area contributed by atoms with Crippen LogP contribution in [0.3, 0.4) is 0 Å². The molecule has 2 rings (SSSR count). The Bertz CT molecular complexity index is 433. The van der Waals surface area contributed by atoms with E-state index in [0.717, 1.165) is 0 Å². The second kappa shape index (κ2) is 2.24. The van der Waals surface area contributed by atoms with Crippen molar-refractivity contribution < 1.29 is 9.50 Å². The largest absolute Gasteiger partial charge is 0.505 e. The van der Waals surface area contributed by atoms with Crippen molar-refractivity contribution in [3.63, 3.8) is 0 Å². The van der Waals surface area contributed by atoms with Crippen LogP contribution in [0.1, 0.15) is 5.69 Å². The molecule has 0 unspecified atom stereocenters. The van der Waals surface area contributed by atoms with Crippen molar-refractivity contribution in [3.05, 3.63) is 29.7 Å². The normalized spacial score (nSPS) is 10.8. The fourth-order valence-electron chi connectivity index (χ4n) is 1.32. The number of aryl methyl sites for hydroxylation is 1. The van der Waals surface area contributed by atoms with Crippen LogP contribution in [0, 0.1) is 12.7 Å². The molecule has 0 atom stereocenters. The summed E-state index contributed by atoms with van der Waals surface area (Å²) in [4.78, 5) is 2.88. The van der Waals surface area contributed by atoms with Crippen molar-refractivity contribution in [1.29, 1.82) is 0 Å². The number of fused-ring (bicyclic) bond motifs is 1. The lowest BCUT2D eigenvalue weighted by Crippen LogP contribution is -1.73. The molecule has 12 heavy (non-hydrogen) atoms. The van der Waals surface area contributed by atoms with E-state index in [0.29, 0.717) is 11.2 Å². The highest BCUT2D eigenvalue weighted by Crippen LogP contribution is 2.29. The minimum absolute atomic E-state index is 0.00287. The molecular weight excluding hydrogens is 157 g/mol. The third-order valence-electron chi connectivity index (χ3n) is 1.93. The smallest absolute Gasteiger partial charge is 0.146 e. The molecular formula is C9H8FNO. The molecule has 0 saturated heterocycles. The molecule has 1 heterocycles. The number of H-pyrrole nitrogens is 1. The van der Waals surface area contributed by atoms with Gasteiger partial charge in [0.25, 0.3) is 0 Å². The van der Waals surface area contributed by atoms with Gasteiger partial charge in [0.2, 0.25) is 0 Å². The van der Waals surface area contributed by atoms with Crippen molar-refractivity contribution >= 4 is 10.9 Å². The van der Waals surface area contributed by atoms with Crippen molar-refractivity contribution in [2.75, 3.05) is 0 Å². The minimum atomic E-state index is -0.394. The van der Waals surface area contributed by atoms with Gasteiger partial charge in [-0.15, -0.1) is 0 Å². The number of aromatic hydroxyl groups is 1. The topological polar surface area (TPSA) is 36.0 Å². The van der Waals surface area contributed by atoms with E-state index in [1.54, 1.807) is 19.1 Å². The number of halogens is 1. The third kappa shape index (κ3) is 0.794. The molecule has 0 aliphatic heterocycles. The Morgan fingerprint density at radius 1 is 1.42 bits per heavy atom. The molecule has 0 aliphatic rings. The maximum Gasteiger partial charge on any atom is 0.146 e. The Morgan fingerprint density at radius 2 is 2.17 bits per heavy atom. The molecule has 2 aromatic rings. The van der Waals surface area contributed by atoms with E-state index < -0.39 is 5.82 Å². The number of benzene rings is 1. The fraction of sp³-hybridized carbons (Fsp3) is 0.111. The summed E-state index contributed by atoms with van der Waals surface area (Å²) in [5, 5.41) is 9.68. The summed E-state index contributed by atoms with van der Waals surface area (Å²) < 4.78 is 13.1. The van der Waals surface area contributed by atoms with Crippen LogP contribution in [0.5, 0.6) is 5.75 Å². The lowest BCUT2D eigenvalue weighted by molar-refractivity contribution is 0.474. The molecule has 2 nitrogen and oxygen atoms in total. The SMILES string of the molecule is Cc1[nH]c2cccc(F)c2c1O. The molecule has 3 heteroatoms. The predicted molar refractivity (Wildman–Crippen MR) is 44.7 cm³/mol. The number of aromatic nitrogens is 1. The second-order valence-corrected chi connectivity index (χ2v) is 2.76. The molecule has 0 bridgehead atoms. The van der Waals surface area contributed by atoms with Gasteiger partial charge in [0.15, 0.2) is 0 Å². The summed E-state index contributed by atoms with van der Waals surface area (Å²) in [5.74, 6) is -0.391. The van der Waals surface area contributed by atoms with Crippen LogP contribution in [0.25, 0.3) is 10.9 Å². The highest BCUT2D eigenvalue weighted by Gasteiger charge is 2.09. The molecule has 2 N–H and O–H groups in total. The number of hydrogen-bond acceptors (Lipinski definition) is 1. The second-order valence-electron chi connectivity index (χ2n) is 2.76. The van der Waals surface area contributed by atoms with Gasteiger partial charge in [0, 0.05) is 0 Å². The van der Waals surface area contributed by atoms with E-state index in [9.17, 15) is 9.50 Å². The summed E-state index contributed by atoms with van der Waals surface area (Å²) >= 11 is 0. The van der Waals surface area contributed by atoms with Crippen LogP contribution in [0.4, 0.5) is 4.39 Å². The number of nitrogens with one attached hydrogen (secondary N) is 1. The fourth-order valence-corrected chi connectivity index (χ4v) is 1.32. The molecule has 1 aromatic heterocycles. The first-order valence-corrected chi connectivity index (χ1v) is 3.66. The number of hydrogen-bond donors (Lipinski definition) is 2. The Labute approximate surface area is 68.6 Å². The van der Waals surface area contributed by atoms with Crippen molar-refractivity contribution in [2.24, 2.45) is 0 Å². The monoisotopic (exact) mass is 165 g/mol. The molecule has 0 aliphatic carbocycles. The summed E-state index contributed by atoms with van der Waals surface area (Å²) in [7, 11) is 0. The lowest BCUT2D eigenvalue weighted by Gasteiger charge is -1.91. The zero-order valence-electron chi connectivity index (χ0n) is 6.56. The molecule has 62 valence electrons. The molecule has 1 aromatic carbocycles. The standard InChI is InChI=1S/C9H8FNO/c1-5-9(12)8-6(10)3-2-4-7(8)11-5/h2-4,11-12H,1H3. The maximum atomic E-state index is 13.1. The lowest BCUT2D eigenvalue weighted by atomic mass is 10.2. The first-order valence-electron chi connectivity index (χ1n) is 3.66. The summed E-state index contributed by atoms with van der Waals surface area (Å²) in [6.07, 6.45) is 0. The van der Waals surface area contributed by atoms with Gasteiger partial charge in [-0.1, -0.05) is 6.07 Å². The van der Waals surface area contributed by atoms with Gasteiger partial charge in [0.05, 0.1) is 16.6 Å². The first kappa shape index (κ1) is 7.16. The molecule has 0 spiro atoms. The summed E-state index contributed by atoms with van der Waals surface area (Å²) in [5.41, 5.74) is 1.22. The van der Waals surface area contributed by atoms with E-state index in [2.05, 4.69) is 4.98 Å². The van der Waals surface area contributed by atoms with Crippen LogP contribution >= 0.6 is 0 Å². The van der Waals surface area contributed by atoms with Crippen LogP contribution in [0.2, 0.25) is 0 Å². The molecule has 0 fully saturated rings. The minimum Gasteiger partial charge on any atom is -0.505 e. The predicted octanol–water partition coefficient (Wildman–Crippen LogP) is 2.32. The van der Waals surface area contributed by atoms with Gasteiger partial charge < -0.3 is 10.1 Å². The molecule has 0 saturated carbocycles. The summed E-state index contributed by atoms with van der Waals surface area (Å²) in [6, 6.07) is 4.66. The van der Waals surface area contributed by atoms with E-state index in [-0.39, 0.29) is 11.1 Å². The van der Waals surface area contributed by atoms with Gasteiger partial charge in [0.1, 0.15) is 11.6 Å². The quantitative estimate of drug-likeness (QED) is 0.617. The van der Waals surface area contributed by atoms with E-state index in [4.69, 9.17) is 0 Å². The van der Waals surface area contributed by atoms with Crippen LogP contribution in [0.15, 0.2) is 18.2 Å². The van der Waals surface area contributed by atoms with Gasteiger partial charge in [-0.05, 0) is 19.1 Å². The zero-order chi connectivity index (χ0) is 8.72. The maximum absolute atomic E-state index is 13.1. The van der Waals surface area contributed by atoms with Crippen molar-refractivity contribution in [1.82, 2.24) is 4.98 Å². The van der Waals surface area contributed by atoms with Crippen LogP contribution in [-0.2, 0) is 0 Å². The van der Waals surface area contributed by atoms with E-state index in [1.165, 1.54) is 6.07 Å². The number of rotatable bonds is 0. The first-order chi connectivity index (χ1) is 5.70. The van der Waals surface area contributed by atoms with Crippen LogP contribution in [-0.4, -0.2) is 10.1 Å². The average Bonchev–Trinajstić information content (AvgIpc) is 2.29. The number of aromatic amines is 1. The Morgan fingerprint density at radius 3 is 2.83 bits per heavy atom. The van der Waals surface area contributed by atoms with E-state index in [1.807, 2.05) is 0 Å². The molecule has 0 amide bonds. The zero-order valence-corrected chi connectivity index (χ0v) is 6.56. The van der Waals surface area contributed by atoms with Gasteiger partial charge in [-0.25, -0.2) is 4.39 Å². The van der Waals surface area contributed by atoms with Gasteiger partial charge in [-0.2, -0.15) is 0 Å².